The summed E-state index contributed by atoms with van der Waals surface area (Å²) in [6.07, 6.45) is 2.32. The number of amides is 1. The molecule has 2 fully saturated rings. The number of nitrogens with one attached hydrogen (secondary N) is 2. The van der Waals surface area contributed by atoms with Gasteiger partial charge in [-0.2, -0.15) is 0 Å². The van der Waals surface area contributed by atoms with Crippen LogP contribution < -0.4 is 10.6 Å². The first-order valence-corrected chi connectivity index (χ1v) is 8.92. The van der Waals surface area contributed by atoms with Crippen LogP contribution in [-0.2, 0) is 23.9 Å². The molecule has 0 spiro atoms. The van der Waals surface area contributed by atoms with Gasteiger partial charge in [-0.1, -0.05) is 0 Å². The Morgan fingerprint density at radius 1 is 1.16 bits per heavy atom. The van der Waals surface area contributed by atoms with Gasteiger partial charge in [0.25, 0.3) is 0 Å². The molecule has 8 heteroatoms. The van der Waals surface area contributed by atoms with Crippen LogP contribution in [0.15, 0.2) is 0 Å². The number of esters is 2. The van der Waals surface area contributed by atoms with E-state index in [1.54, 1.807) is 0 Å². The molecule has 2 rings (SSSR count). The Bertz CT molecular complexity index is 477. The molecule has 2 heterocycles. The van der Waals surface area contributed by atoms with E-state index in [-0.39, 0.29) is 29.9 Å². The van der Waals surface area contributed by atoms with Gasteiger partial charge >= 0.3 is 11.9 Å². The minimum atomic E-state index is -0.674. The number of rotatable bonds is 7. The van der Waals surface area contributed by atoms with Gasteiger partial charge in [0.1, 0.15) is 6.61 Å². The fraction of sp³-hybridized carbons (Fsp3) is 0.824. The van der Waals surface area contributed by atoms with Crippen molar-refractivity contribution in [2.45, 2.75) is 58.3 Å². The highest BCUT2D eigenvalue weighted by Gasteiger charge is 2.41. The van der Waals surface area contributed by atoms with Crippen molar-refractivity contribution >= 4 is 17.8 Å². The van der Waals surface area contributed by atoms with Crippen molar-refractivity contribution in [3.05, 3.63) is 0 Å². The van der Waals surface area contributed by atoms with Gasteiger partial charge in [0.15, 0.2) is 6.23 Å². The van der Waals surface area contributed by atoms with Gasteiger partial charge in [-0.25, -0.2) is 0 Å². The minimum Gasteiger partial charge on any atom is -0.464 e. The zero-order valence-corrected chi connectivity index (χ0v) is 15.2. The summed E-state index contributed by atoms with van der Waals surface area (Å²) in [7, 11) is 0. The molecule has 0 aromatic carbocycles. The molecule has 0 radical (unpaired) electrons. The maximum Gasteiger partial charge on any atom is 0.304 e. The Morgan fingerprint density at radius 3 is 2.40 bits per heavy atom. The molecule has 2 saturated heterocycles. The second-order valence-electron chi connectivity index (χ2n) is 6.87. The van der Waals surface area contributed by atoms with Gasteiger partial charge in [-0.15, -0.1) is 0 Å². The van der Waals surface area contributed by atoms with Gasteiger partial charge in [0.2, 0.25) is 5.91 Å². The highest BCUT2D eigenvalue weighted by molar-refractivity contribution is 5.74. The van der Waals surface area contributed by atoms with Crippen LogP contribution in [0.25, 0.3) is 0 Å². The van der Waals surface area contributed by atoms with E-state index >= 15 is 0 Å². The summed E-state index contributed by atoms with van der Waals surface area (Å²) in [5.74, 6) is -0.740. The van der Waals surface area contributed by atoms with E-state index in [1.165, 1.54) is 20.8 Å². The molecule has 2 aliphatic heterocycles. The molecular weight excluding hydrogens is 326 g/mol. The van der Waals surface area contributed by atoms with E-state index < -0.39 is 12.2 Å². The SMILES string of the molecule is CC(=O)NC(OC(C)=O)C([C@@H]1CN[C@H](COC(C)=O)C1)N1CCCC1. The molecule has 0 bridgehead atoms. The highest BCUT2D eigenvalue weighted by atomic mass is 16.6. The van der Waals surface area contributed by atoms with Crippen LogP contribution in [0, 0.1) is 5.92 Å². The lowest BCUT2D eigenvalue weighted by atomic mass is 9.93. The van der Waals surface area contributed by atoms with Crippen LogP contribution >= 0.6 is 0 Å². The molecule has 8 nitrogen and oxygen atoms in total. The average Bonchev–Trinajstić information content (AvgIpc) is 3.16. The van der Waals surface area contributed by atoms with Crippen molar-refractivity contribution in [1.82, 2.24) is 15.5 Å². The third-order valence-electron chi connectivity index (χ3n) is 4.74. The van der Waals surface area contributed by atoms with Crippen molar-refractivity contribution < 1.29 is 23.9 Å². The van der Waals surface area contributed by atoms with Gasteiger partial charge in [-0.05, 0) is 38.3 Å². The largest absolute Gasteiger partial charge is 0.464 e. The molecule has 142 valence electrons. The Balaban J connectivity index is 2.10. The van der Waals surface area contributed by atoms with Crippen LogP contribution in [0.3, 0.4) is 0 Å². The summed E-state index contributed by atoms with van der Waals surface area (Å²) in [6, 6.07) is -0.0144. The van der Waals surface area contributed by atoms with Crippen LogP contribution in [0.1, 0.15) is 40.0 Å². The smallest absolute Gasteiger partial charge is 0.304 e. The Morgan fingerprint density at radius 2 is 1.84 bits per heavy atom. The first kappa shape index (κ1) is 19.7. The molecule has 0 aliphatic carbocycles. The third kappa shape index (κ3) is 5.97. The summed E-state index contributed by atoms with van der Waals surface area (Å²) in [5, 5.41) is 6.16. The summed E-state index contributed by atoms with van der Waals surface area (Å²) < 4.78 is 10.6. The molecule has 25 heavy (non-hydrogen) atoms. The Hall–Kier alpha value is -1.67. The lowest BCUT2D eigenvalue weighted by molar-refractivity contribution is -0.155. The topological polar surface area (TPSA) is 97.0 Å². The normalized spacial score (nSPS) is 26.0. The Labute approximate surface area is 148 Å². The first-order chi connectivity index (χ1) is 11.9. The van der Waals surface area contributed by atoms with Crippen LogP contribution in [0.2, 0.25) is 0 Å². The predicted molar refractivity (Wildman–Crippen MR) is 90.5 cm³/mol. The molecule has 2 unspecified atom stereocenters. The van der Waals surface area contributed by atoms with Gasteiger partial charge in [-0.3, -0.25) is 19.3 Å². The number of ether oxygens (including phenoxy) is 2. The maximum atomic E-state index is 11.6. The molecule has 1 amide bonds. The average molecular weight is 355 g/mol. The van der Waals surface area contributed by atoms with Crippen molar-refractivity contribution in [2.24, 2.45) is 5.92 Å². The fourth-order valence-electron chi connectivity index (χ4n) is 3.80. The van der Waals surface area contributed by atoms with Crippen molar-refractivity contribution in [3.63, 3.8) is 0 Å². The standard InChI is InChI=1S/C17H29N3O5/c1-11(21)19-17(25-13(3)23)16(20-6-4-5-7-20)14-8-15(18-9-14)10-24-12(2)22/h14-18H,4-10H2,1-3H3,(H,19,21)/t14-,15-,16?,17?/m0/s1. The van der Waals surface area contributed by atoms with Crippen molar-refractivity contribution in [1.29, 1.82) is 0 Å². The van der Waals surface area contributed by atoms with Crippen molar-refractivity contribution in [2.75, 3.05) is 26.2 Å². The van der Waals surface area contributed by atoms with Gasteiger partial charge in [0.05, 0.1) is 6.04 Å². The summed E-state index contributed by atoms with van der Waals surface area (Å²) in [6.45, 7) is 7.08. The van der Waals surface area contributed by atoms with Crippen LogP contribution in [0.5, 0.6) is 0 Å². The molecule has 2 aliphatic rings. The zero-order chi connectivity index (χ0) is 18.4. The lowest BCUT2D eigenvalue weighted by Crippen LogP contribution is -2.56. The molecule has 0 aromatic rings. The number of carbonyl (C=O) groups excluding carboxylic acids is 3. The third-order valence-corrected chi connectivity index (χ3v) is 4.74. The van der Waals surface area contributed by atoms with Crippen molar-refractivity contribution in [3.8, 4) is 0 Å². The Kier molecular flexibility index (Phi) is 7.19. The molecule has 0 saturated carbocycles. The number of likely N-dealkylation sites (tertiary alicyclic amines) is 1. The number of carbonyl (C=O) groups is 3. The molecule has 2 N–H and O–H groups in total. The van der Waals surface area contributed by atoms with Crippen LogP contribution in [-0.4, -0.2) is 67.3 Å². The quantitative estimate of drug-likeness (QED) is 0.491. The molecular formula is C17H29N3O5. The fourth-order valence-corrected chi connectivity index (χ4v) is 3.80. The van der Waals surface area contributed by atoms with Gasteiger partial charge in [0, 0.05) is 33.4 Å². The van der Waals surface area contributed by atoms with E-state index in [4.69, 9.17) is 9.47 Å². The van der Waals surface area contributed by atoms with E-state index in [1.807, 2.05) is 0 Å². The minimum absolute atomic E-state index is 0.0781. The number of nitrogens with zero attached hydrogens (tertiary/aromatic N) is 1. The van der Waals surface area contributed by atoms with E-state index in [2.05, 4.69) is 15.5 Å². The summed E-state index contributed by atoms with van der Waals surface area (Å²) >= 11 is 0. The second-order valence-corrected chi connectivity index (χ2v) is 6.87. The van der Waals surface area contributed by atoms with E-state index in [9.17, 15) is 14.4 Å². The number of hydrogen-bond donors (Lipinski definition) is 2. The zero-order valence-electron chi connectivity index (χ0n) is 15.2. The molecule has 0 aromatic heterocycles. The highest BCUT2D eigenvalue weighted by Crippen LogP contribution is 2.28. The van der Waals surface area contributed by atoms with Crippen LogP contribution in [0.4, 0.5) is 0 Å². The second kappa shape index (κ2) is 9.15. The lowest BCUT2D eigenvalue weighted by Gasteiger charge is -2.37. The summed E-state index contributed by atoms with van der Waals surface area (Å²) in [4.78, 5) is 36.5. The summed E-state index contributed by atoms with van der Waals surface area (Å²) in [5.41, 5.74) is 0. The monoisotopic (exact) mass is 355 g/mol. The predicted octanol–water partition coefficient (Wildman–Crippen LogP) is 0.0173. The first-order valence-electron chi connectivity index (χ1n) is 8.92. The maximum absolute atomic E-state index is 11.6. The van der Waals surface area contributed by atoms with E-state index in [0.29, 0.717) is 6.61 Å². The van der Waals surface area contributed by atoms with Gasteiger partial charge < -0.3 is 20.1 Å². The number of hydrogen-bond acceptors (Lipinski definition) is 7. The van der Waals surface area contributed by atoms with E-state index in [0.717, 1.165) is 38.9 Å². The molecule has 4 atom stereocenters.